The molecule has 1 atom stereocenters. The molecule has 1 heterocycles. The molecule has 0 aromatic carbocycles. The van der Waals surface area contributed by atoms with Gasteiger partial charge in [-0.1, -0.05) is 0 Å². The van der Waals surface area contributed by atoms with Crippen LogP contribution < -0.4 is 10.6 Å². The number of urea groups is 1. The van der Waals surface area contributed by atoms with Crippen LogP contribution in [0.5, 0.6) is 0 Å². The number of hydrogen-bond donors (Lipinski definition) is 3. The van der Waals surface area contributed by atoms with Crippen molar-refractivity contribution in [3.63, 3.8) is 0 Å². The summed E-state index contributed by atoms with van der Waals surface area (Å²) in [6.07, 6.45) is 0.0153. The number of nitrogens with zero attached hydrogens (tertiary/aromatic N) is 1. The number of carboxylic acids is 1. The molecule has 0 aromatic rings. The molecule has 1 rings (SSSR count). The number of amides is 3. The van der Waals surface area contributed by atoms with E-state index in [-0.39, 0.29) is 19.0 Å². The smallest absolute Gasteiger partial charge is 0.321 e. The number of aliphatic carboxylic acids is 1. The summed E-state index contributed by atoms with van der Waals surface area (Å²) < 4.78 is 0. The fourth-order valence-electron chi connectivity index (χ4n) is 1.84. The Balaban J connectivity index is 2.45. The lowest BCUT2D eigenvalue weighted by molar-refractivity contribution is -0.138. The molecule has 0 bridgehead atoms. The van der Waals surface area contributed by atoms with Crippen LogP contribution in [0, 0.1) is 0 Å². The Bertz CT molecular complexity index is 351. The van der Waals surface area contributed by atoms with E-state index in [0.717, 1.165) is 5.75 Å². The molecular weight excluding hydrogens is 270 g/mol. The summed E-state index contributed by atoms with van der Waals surface area (Å²) in [5.41, 5.74) is 0. The predicted octanol–water partition coefficient (Wildman–Crippen LogP) is -0.276. The van der Waals surface area contributed by atoms with E-state index in [0.29, 0.717) is 18.8 Å². The van der Waals surface area contributed by atoms with Crippen molar-refractivity contribution in [2.24, 2.45) is 0 Å². The van der Waals surface area contributed by atoms with Crippen molar-refractivity contribution in [3.8, 4) is 0 Å². The second-order valence-electron chi connectivity index (χ2n) is 4.20. The number of carboxylic acid groups (broad SMARTS) is 1. The lowest BCUT2D eigenvalue weighted by Crippen LogP contribution is -2.50. The first-order valence-corrected chi connectivity index (χ1v) is 7.29. The number of hydrogen-bond acceptors (Lipinski definition) is 5. The maximum absolute atomic E-state index is 11.7. The van der Waals surface area contributed by atoms with Crippen molar-refractivity contribution in [3.05, 3.63) is 0 Å². The van der Waals surface area contributed by atoms with E-state index in [9.17, 15) is 14.4 Å². The van der Waals surface area contributed by atoms with Crippen LogP contribution in [-0.2, 0) is 9.59 Å². The zero-order chi connectivity index (χ0) is 14.3. The summed E-state index contributed by atoms with van der Waals surface area (Å²) in [5, 5.41) is 13.5. The Labute approximate surface area is 116 Å². The molecule has 0 saturated carbocycles. The van der Waals surface area contributed by atoms with Crippen molar-refractivity contribution in [2.45, 2.75) is 19.4 Å². The van der Waals surface area contributed by atoms with Crippen LogP contribution in [0.3, 0.4) is 0 Å². The van der Waals surface area contributed by atoms with E-state index in [1.165, 1.54) is 0 Å². The maximum atomic E-state index is 11.7. The maximum Gasteiger partial charge on any atom is 0.321 e. The van der Waals surface area contributed by atoms with E-state index < -0.39 is 17.9 Å². The van der Waals surface area contributed by atoms with Gasteiger partial charge in [-0.15, -0.1) is 0 Å². The summed E-state index contributed by atoms with van der Waals surface area (Å²) in [6, 6.07) is -0.676. The lowest BCUT2D eigenvalue weighted by atomic mass is 10.2. The van der Waals surface area contributed by atoms with Gasteiger partial charge in [0.15, 0.2) is 0 Å². The van der Waals surface area contributed by atoms with Crippen LogP contribution in [0.25, 0.3) is 0 Å². The molecule has 0 radical (unpaired) electrons. The highest BCUT2D eigenvalue weighted by Gasteiger charge is 2.26. The molecule has 1 aliphatic heterocycles. The third kappa shape index (κ3) is 5.93. The third-order valence-corrected chi connectivity index (χ3v) is 3.79. The Kier molecular flexibility index (Phi) is 6.65. The number of thioether (sulfide) groups is 1. The van der Waals surface area contributed by atoms with Gasteiger partial charge >= 0.3 is 12.0 Å². The first-order valence-electron chi connectivity index (χ1n) is 6.14. The molecule has 8 heteroatoms. The first kappa shape index (κ1) is 15.8. The number of nitrogens with one attached hydrogen (secondary N) is 2. The van der Waals surface area contributed by atoms with Crippen LogP contribution in [0.2, 0.25) is 0 Å². The zero-order valence-corrected chi connectivity index (χ0v) is 11.7. The van der Waals surface area contributed by atoms with E-state index in [4.69, 9.17) is 5.11 Å². The Morgan fingerprint density at radius 2 is 2.16 bits per heavy atom. The van der Waals surface area contributed by atoms with Gasteiger partial charge in [-0.2, -0.15) is 11.8 Å². The van der Waals surface area contributed by atoms with E-state index >= 15 is 0 Å². The van der Waals surface area contributed by atoms with Crippen LogP contribution in [0.4, 0.5) is 4.79 Å². The van der Waals surface area contributed by atoms with Crippen molar-refractivity contribution < 1.29 is 19.5 Å². The molecule has 7 nitrogen and oxygen atoms in total. The fraction of sp³-hybridized carbons (Fsp3) is 0.727. The monoisotopic (exact) mass is 289 g/mol. The van der Waals surface area contributed by atoms with Gasteiger partial charge in [0.2, 0.25) is 5.91 Å². The standard InChI is InChI=1S/C11H19N3O4S/c1-2-12-11(18)13-9(15)6-14-3-4-19-7-8(14)5-10(16)17/h8H,2-7H2,1H3,(H,16,17)(H2,12,13,15,18). The minimum Gasteiger partial charge on any atom is -0.481 e. The van der Waals surface area contributed by atoms with Crippen molar-refractivity contribution in [1.82, 2.24) is 15.5 Å². The second kappa shape index (κ2) is 8.00. The lowest BCUT2D eigenvalue weighted by Gasteiger charge is -2.33. The van der Waals surface area contributed by atoms with E-state index in [1.54, 1.807) is 18.7 Å². The highest BCUT2D eigenvalue weighted by molar-refractivity contribution is 7.99. The van der Waals surface area contributed by atoms with Gasteiger partial charge in [0.1, 0.15) is 0 Å². The number of carbonyl (C=O) groups excluding carboxylic acids is 2. The van der Waals surface area contributed by atoms with Crippen molar-refractivity contribution in [1.29, 1.82) is 0 Å². The molecule has 19 heavy (non-hydrogen) atoms. The predicted molar refractivity (Wildman–Crippen MR) is 72.2 cm³/mol. The van der Waals surface area contributed by atoms with Crippen LogP contribution in [-0.4, -0.2) is 65.1 Å². The molecule has 1 aliphatic rings. The molecule has 1 fully saturated rings. The SMILES string of the molecule is CCNC(=O)NC(=O)CN1CCSCC1CC(=O)O. The highest BCUT2D eigenvalue weighted by atomic mass is 32.2. The molecule has 108 valence electrons. The molecular formula is C11H19N3O4S. The van der Waals surface area contributed by atoms with Crippen LogP contribution in [0.1, 0.15) is 13.3 Å². The average molecular weight is 289 g/mol. The molecule has 0 aromatic heterocycles. The first-order chi connectivity index (χ1) is 9.02. The molecule has 1 saturated heterocycles. The molecule has 3 amide bonds. The van der Waals surface area contributed by atoms with Gasteiger partial charge in [0.05, 0.1) is 13.0 Å². The Morgan fingerprint density at radius 3 is 2.79 bits per heavy atom. The molecule has 0 aliphatic carbocycles. The summed E-state index contributed by atoms with van der Waals surface area (Å²) >= 11 is 1.68. The zero-order valence-electron chi connectivity index (χ0n) is 10.8. The fourth-order valence-corrected chi connectivity index (χ4v) is 2.97. The third-order valence-electron chi connectivity index (χ3n) is 2.70. The van der Waals surface area contributed by atoms with Crippen LogP contribution in [0.15, 0.2) is 0 Å². The van der Waals surface area contributed by atoms with Crippen molar-refractivity contribution >= 4 is 29.7 Å². The van der Waals surface area contributed by atoms with Gasteiger partial charge in [-0.3, -0.25) is 19.8 Å². The Morgan fingerprint density at radius 1 is 1.42 bits per heavy atom. The quantitative estimate of drug-likeness (QED) is 0.644. The van der Waals surface area contributed by atoms with Gasteiger partial charge in [-0.25, -0.2) is 4.79 Å². The summed E-state index contributed by atoms with van der Waals surface area (Å²) in [6.45, 7) is 2.91. The average Bonchev–Trinajstić information content (AvgIpc) is 2.31. The van der Waals surface area contributed by atoms with E-state index in [1.807, 2.05) is 4.90 Å². The summed E-state index contributed by atoms with van der Waals surface area (Å²) in [4.78, 5) is 35.4. The molecule has 3 N–H and O–H groups in total. The minimum atomic E-state index is -0.873. The molecule has 0 spiro atoms. The number of rotatable bonds is 5. The normalized spacial score (nSPS) is 19.7. The minimum absolute atomic E-state index is 0.0153. The molecule has 1 unspecified atom stereocenters. The van der Waals surface area contributed by atoms with Crippen molar-refractivity contribution in [2.75, 3.05) is 31.1 Å². The summed E-state index contributed by atoms with van der Waals surface area (Å²) in [5.74, 6) is 0.278. The van der Waals surface area contributed by atoms with E-state index in [2.05, 4.69) is 10.6 Å². The topological polar surface area (TPSA) is 98.7 Å². The van der Waals surface area contributed by atoms with Gasteiger partial charge < -0.3 is 10.4 Å². The van der Waals surface area contributed by atoms with Gasteiger partial charge in [0, 0.05) is 30.6 Å². The van der Waals surface area contributed by atoms with Gasteiger partial charge in [-0.05, 0) is 6.92 Å². The highest BCUT2D eigenvalue weighted by Crippen LogP contribution is 2.18. The number of carbonyl (C=O) groups is 3. The summed E-state index contributed by atoms with van der Waals surface area (Å²) in [7, 11) is 0. The second-order valence-corrected chi connectivity index (χ2v) is 5.35. The Hall–Kier alpha value is -1.28. The van der Waals surface area contributed by atoms with Crippen LogP contribution >= 0.6 is 11.8 Å². The van der Waals surface area contributed by atoms with Gasteiger partial charge in [0.25, 0.3) is 0 Å². The number of imide groups is 1. The largest absolute Gasteiger partial charge is 0.481 e.